The zero-order valence-electron chi connectivity index (χ0n) is 22.2. The normalized spacial score (nSPS) is 15.3. The molecular weight excluding hydrogens is 516 g/mol. The second kappa shape index (κ2) is 12.1. The number of likely N-dealkylation sites (tertiary alicyclic amines) is 1. The molecule has 1 saturated heterocycles. The highest BCUT2D eigenvalue weighted by Gasteiger charge is 2.34. The Labute approximate surface area is 230 Å². The van der Waals surface area contributed by atoms with Crippen molar-refractivity contribution in [1.29, 1.82) is 0 Å². The van der Waals surface area contributed by atoms with Crippen LogP contribution in [-0.2, 0) is 16.0 Å². The number of Topliss-reactive ketones (excluding diaryl/α,β-unsaturated/α-hetero) is 1. The molecule has 2 aromatic carbocycles. The second-order valence-corrected chi connectivity index (χ2v) is 10.5. The minimum atomic E-state index is -0.357. The highest BCUT2D eigenvalue weighted by atomic mass is 32.1. The maximum Gasteiger partial charge on any atom is 0.268 e. The largest absolute Gasteiger partial charge is 0.489 e. The number of aromatic nitrogens is 1. The average Bonchev–Trinajstić information content (AvgIpc) is 3.59. The van der Waals surface area contributed by atoms with Gasteiger partial charge in [0, 0.05) is 31.2 Å². The van der Waals surface area contributed by atoms with Gasteiger partial charge in [0.1, 0.15) is 16.9 Å². The standard InChI is InChI=1S/C30H32N2O6S/c1-3-37-16-17-38-26-25-27(39-28(26)30(35)31-15-9-12-21(31)19-36-2)22-13-7-8-14-23(22)32(29(25)34)18-24(33)20-10-5-4-6-11-20/h4-8,10-11,13-14,21H,3,9,12,15-19H2,1-2H3/t21-/m1/s1. The molecule has 204 valence electrons. The van der Waals surface area contributed by atoms with Gasteiger partial charge in [-0.15, -0.1) is 11.3 Å². The van der Waals surface area contributed by atoms with E-state index in [-0.39, 0.29) is 42.2 Å². The Balaban J connectivity index is 1.67. The third kappa shape index (κ3) is 5.34. The van der Waals surface area contributed by atoms with Gasteiger partial charge in [-0.25, -0.2) is 0 Å². The summed E-state index contributed by atoms with van der Waals surface area (Å²) in [6, 6.07) is 16.4. The summed E-state index contributed by atoms with van der Waals surface area (Å²) in [7, 11) is 1.63. The zero-order chi connectivity index (χ0) is 27.4. The van der Waals surface area contributed by atoms with Gasteiger partial charge in [0.15, 0.2) is 11.5 Å². The van der Waals surface area contributed by atoms with Gasteiger partial charge in [-0.2, -0.15) is 0 Å². The van der Waals surface area contributed by atoms with Crippen LogP contribution in [0.4, 0.5) is 0 Å². The summed E-state index contributed by atoms with van der Waals surface area (Å²) < 4.78 is 19.1. The number of fused-ring (bicyclic) bond motifs is 3. The maximum atomic E-state index is 14.1. The molecule has 39 heavy (non-hydrogen) atoms. The van der Waals surface area contributed by atoms with Crippen LogP contribution >= 0.6 is 11.3 Å². The van der Waals surface area contributed by atoms with Crippen molar-refractivity contribution >= 4 is 44.0 Å². The molecule has 1 atom stereocenters. The number of para-hydroxylation sites is 1. The number of ether oxygens (including phenoxy) is 3. The van der Waals surface area contributed by atoms with Crippen molar-refractivity contribution in [3.63, 3.8) is 0 Å². The first-order chi connectivity index (χ1) is 19.0. The molecule has 2 aromatic heterocycles. The van der Waals surface area contributed by atoms with Crippen LogP contribution in [0.25, 0.3) is 21.0 Å². The SMILES string of the molecule is CCOCCOc1c(C(=O)N2CCC[C@@H]2COC)sc2c1c(=O)n(CC(=O)c1ccccc1)c1ccccc21. The van der Waals surface area contributed by atoms with E-state index in [9.17, 15) is 14.4 Å². The van der Waals surface area contributed by atoms with Crippen LogP contribution in [0.15, 0.2) is 59.4 Å². The molecule has 0 unspecified atom stereocenters. The number of hydrogen-bond donors (Lipinski definition) is 0. The predicted molar refractivity (Wildman–Crippen MR) is 152 cm³/mol. The molecule has 0 N–H and O–H groups in total. The average molecular weight is 549 g/mol. The van der Waals surface area contributed by atoms with Crippen LogP contribution in [0.5, 0.6) is 5.75 Å². The van der Waals surface area contributed by atoms with Crippen molar-refractivity contribution in [2.24, 2.45) is 0 Å². The summed E-state index contributed by atoms with van der Waals surface area (Å²) in [6.07, 6.45) is 1.75. The van der Waals surface area contributed by atoms with E-state index in [2.05, 4.69) is 0 Å². The molecule has 3 heterocycles. The molecular formula is C30H32N2O6S. The van der Waals surface area contributed by atoms with Gasteiger partial charge < -0.3 is 19.1 Å². The Morgan fingerprint density at radius 3 is 2.59 bits per heavy atom. The van der Waals surface area contributed by atoms with Gasteiger partial charge in [0.05, 0.1) is 36.0 Å². The highest BCUT2D eigenvalue weighted by Crippen LogP contribution is 2.41. The Kier molecular flexibility index (Phi) is 8.40. The quantitative estimate of drug-likeness (QED) is 0.198. The summed E-state index contributed by atoms with van der Waals surface area (Å²) in [5.74, 6) is -0.0796. The fourth-order valence-corrected chi connectivity index (χ4v) is 6.41. The third-order valence-corrected chi connectivity index (χ3v) is 8.22. The molecule has 1 amide bonds. The predicted octanol–water partition coefficient (Wildman–Crippen LogP) is 4.77. The van der Waals surface area contributed by atoms with Crippen LogP contribution in [0.3, 0.4) is 0 Å². The molecule has 8 nitrogen and oxygen atoms in total. The number of hydrogen-bond acceptors (Lipinski definition) is 7. The molecule has 4 aromatic rings. The lowest BCUT2D eigenvalue weighted by Crippen LogP contribution is -2.38. The smallest absolute Gasteiger partial charge is 0.268 e. The lowest BCUT2D eigenvalue weighted by Gasteiger charge is -2.24. The Morgan fingerprint density at radius 2 is 1.82 bits per heavy atom. The number of thiophene rings is 1. The molecule has 1 aliphatic heterocycles. The van der Waals surface area contributed by atoms with Gasteiger partial charge >= 0.3 is 0 Å². The van der Waals surface area contributed by atoms with Gasteiger partial charge in [0.2, 0.25) is 0 Å². The van der Waals surface area contributed by atoms with Gasteiger partial charge in [-0.3, -0.25) is 19.0 Å². The van der Waals surface area contributed by atoms with Crippen molar-refractivity contribution < 1.29 is 23.8 Å². The minimum Gasteiger partial charge on any atom is -0.489 e. The lowest BCUT2D eigenvalue weighted by molar-refractivity contribution is 0.0628. The van der Waals surface area contributed by atoms with Gasteiger partial charge in [0.25, 0.3) is 11.5 Å². The lowest BCUT2D eigenvalue weighted by atomic mass is 10.1. The summed E-state index contributed by atoms with van der Waals surface area (Å²) >= 11 is 1.27. The van der Waals surface area contributed by atoms with E-state index >= 15 is 0 Å². The van der Waals surface area contributed by atoms with Gasteiger partial charge in [-0.05, 0) is 25.8 Å². The molecule has 9 heteroatoms. The van der Waals surface area contributed by atoms with Crippen LogP contribution in [0.2, 0.25) is 0 Å². The van der Waals surface area contributed by atoms with Crippen LogP contribution in [0, 0.1) is 0 Å². The van der Waals surface area contributed by atoms with E-state index in [1.54, 1.807) is 31.4 Å². The number of benzene rings is 2. The summed E-state index contributed by atoms with van der Waals surface area (Å²) in [6.45, 7) is 3.89. The monoisotopic (exact) mass is 548 g/mol. The molecule has 0 aliphatic carbocycles. The van der Waals surface area contributed by atoms with Crippen molar-refractivity contribution in [2.75, 3.05) is 40.1 Å². The molecule has 1 aliphatic rings. The number of carbonyl (C=O) groups is 2. The van der Waals surface area contributed by atoms with Crippen LogP contribution in [0.1, 0.15) is 39.8 Å². The number of carbonyl (C=O) groups excluding carboxylic acids is 2. The van der Waals surface area contributed by atoms with E-state index in [0.717, 1.165) is 18.2 Å². The topological polar surface area (TPSA) is 87.1 Å². The summed E-state index contributed by atoms with van der Waals surface area (Å²) in [4.78, 5) is 43.4. The molecule has 1 fully saturated rings. The third-order valence-electron chi connectivity index (χ3n) is 7.03. The highest BCUT2D eigenvalue weighted by molar-refractivity contribution is 7.22. The van der Waals surface area contributed by atoms with Crippen molar-refractivity contribution in [2.45, 2.75) is 32.4 Å². The molecule has 0 radical (unpaired) electrons. The number of methoxy groups -OCH3 is 1. The number of amides is 1. The van der Waals surface area contributed by atoms with Crippen LogP contribution in [-0.4, -0.2) is 67.3 Å². The van der Waals surface area contributed by atoms with Crippen molar-refractivity contribution in [3.8, 4) is 5.75 Å². The first kappa shape index (κ1) is 27.1. The molecule has 0 saturated carbocycles. The first-order valence-corrected chi connectivity index (χ1v) is 14.0. The van der Waals surface area contributed by atoms with E-state index in [1.165, 1.54) is 15.9 Å². The molecule has 0 spiro atoms. The molecule has 5 rings (SSSR count). The van der Waals surface area contributed by atoms with E-state index < -0.39 is 0 Å². The first-order valence-electron chi connectivity index (χ1n) is 13.2. The van der Waals surface area contributed by atoms with E-state index in [0.29, 0.717) is 52.4 Å². The Bertz CT molecular complexity index is 1540. The minimum absolute atomic E-state index is 0.0270. The van der Waals surface area contributed by atoms with Crippen molar-refractivity contribution in [3.05, 3.63) is 75.4 Å². The van der Waals surface area contributed by atoms with Crippen molar-refractivity contribution in [1.82, 2.24) is 9.47 Å². The second-order valence-electron chi connectivity index (χ2n) is 9.46. The Morgan fingerprint density at radius 1 is 1.05 bits per heavy atom. The number of pyridine rings is 1. The number of rotatable bonds is 11. The summed E-state index contributed by atoms with van der Waals surface area (Å²) in [5.41, 5.74) is 0.810. The van der Waals surface area contributed by atoms with Gasteiger partial charge in [-0.1, -0.05) is 48.5 Å². The zero-order valence-corrected chi connectivity index (χ0v) is 23.0. The maximum absolute atomic E-state index is 14.1. The fourth-order valence-electron chi connectivity index (χ4n) is 5.19. The number of nitrogens with zero attached hydrogens (tertiary/aromatic N) is 2. The van der Waals surface area contributed by atoms with Crippen LogP contribution < -0.4 is 10.3 Å². The Hall–Kier alpha value is -3.53. The van der Waals surface area contributed by atoms with E-state index in [4.69, 9.17) is 14.2 Å². The summed E-state index contributed by atoms with van der Waals surface area (Å²) in [5, 5.41) is 1.11. The fraction of sp³-hybridized carbons (Fsp3) is 0.367. The molecule has 0 bridgehead atoms. The van der Waals surface area contributed by atoms with E-state index in [1.807, 2.05) is 42.2 Å². The number of ketones is 1.